The largest absolute Gasteiger partial charge is 0.481 e. The zero-order valence-corrected chi connectivity index (χ0v) is 20.5. The molecule has 15 nitrogen and oxygen atoms in total. The first-order chi connectivity index (χ1) is 16.8. The van der Waals surface area contributed by atoms with E-state index >= 15 is 0 Å². The van der Waals surface area contributed by atoms with Crippen LogP contribution in [-0.2, 0) is 33.6 Å². The molecule has 4 unspecified atom stereocenters. The molecule has 0 aliphatic heterocycles. The summed E-state index contributed by atoms with van der Waals surface area (Å²) in [5, 5.41) is 33.7. The standard InChI is InChI=1S/C20H33N5O10S/c1-36-9-8-10(21)17(31)23-12(3-6-15(27)28)18(32)24-11(2-5-14(22)26)19(33)25-13(20(34)35)4-7-16(29)30/h10-13H,2-9,21H2,1H3,(H2,22,26)(H,23,31)(H,24,32)(H,25,33)(H,27,28)(H,29,30)(H,34,35). The van der Waals surface area contributed by atoms with Crippen LogP contribution in [0.15, 0.2) is 0 Å². The molecular weight excluding hydrogens is 502 g/mol. The van der Waals surface area contributed by atoms with Gasteiger partial charge in [-0.2, -0.15) is 11.8 Å². The lowest BCUT2D eigenvalue weighted by Gasteiger charge is -2.25. The van der Waals surface area contributed by atoms with Crippen molar-refractivity contribution < 1.29 is 48.9 Å². The maximum Gasteiger partial charge on any atom is 0.326 e. The Bertz CT molecular complexity index is 825. The van der Waals surface area contributed by atoms with Crippen LogP contribution in [0.25, 0.3) is 0 Å². The normalized spacial score (nSPS) is 13.9. The molecule has 4 amide bonds. The molecule has 0 spiro atoms. The van der Waals surface area contributed by atoms with Crippen LogP contribution in [0.4, 0.5) is 0 Å². The van der Waals surface area contributed by atoms with E-state index in [2.05, 4.69) is 16.0 Å². The Hall–Kier alpha value is -3.40. The second kappa shape index (κ2) is 17.1. The van der Waals surface area contributed by atoms with Crippen molar-refractivity contribution in [3.05, 3.63) is 0 Å². The van der Waals surface area contributed by atoms with Crippen molar-refractivity contribution in [2.75, 3.05) is 12.0 Å². The van der Waals surface area contributed by atoms with Crippen LogP contribution in [-0.4, -0.2) is 93.0 Å². The van der Waals surface area contributed by atoms with E-state index in [1.807, 2.05) is 6.26 Å². The van der Waals surface area contributed by atoms with Crippen LogP contribution in [0.5, 0.6) is 0 Å². The third kappa shape index (κ3) is 14.1. The number of amides is 4. The Morgan fingerprint density at radius 3 is 1.53 bits per heavy atom. The SMILES string of the molecule is CSCCC(N)C(=O)NC(CCC(=O)O)C(=O)NC(CCC(N)=O)C(=O)NC(CCC(=O)O)C(=O)O. The predicted octanol–water partition coefficient (Wildman–Crippen LogP) is -2.40. The molecule has 0 aromatic heterocycles. The summed E-state index contributed by atoms with van der Waals surface area (Å²) in [5.41, 5.74) is 10.9. The number of hydrogen-bond donors (Lipinski definition) is 8. The molecule has 0 bridgehead atoms. The molecule has 0 saturated heterocycles. The number of rotatable bonds is 19. The van der Waals surface area contributed by atoms with Crippen molar-refractivity contribution in [3.63, 3.8) is 0 Å². The predicted molar refractivity (Wildman–Crippen MR) is 127 cm³/mol. The monoisotopic (exact) mass is 535 g/mol. The molecule has 4 atom stereocenters. The fourth-order valence-electron chi connectivity index (χ4n) is 2.82. The Balaban J connectivity index is 5.61. The number of aliphatic carboxylic acids is 3. The van der Waals surface area contributed by atoms with Gasteiger partial charge in [-0.25, -0.2) is 4.79 Å². The maximum atomic E-state index is 12.9. The molecule has 36 heavy (non-hydrogen) atoms. The van der Waals surface area contributed by atoms with E-state index in [0.29, 0.717) is 5.75 Å². The highest BCUT2D eigenvalue weighted by atomic mass is 32.2. The molecular formula is C20H33N5O10S. The third-order valence-corrected chi connectivity index (χ3v) is 5.47. The smallest absolute Gasteiger partial charge is 0.326 e. The number of primary amides is 1. The van der Waals surface area contributed by atoms with Gasteiger partial charge in [-0.15, -0.1) is 0 Å². The summed E-state index contributed by atoms with van der Waals surface area (Å²) in [7, 11) is 0. The van der Waals surface area contributed by atoms with Gasteiger partial charge in [0.05, 0.1) is 6.04 Å². The Labute approximate surface area is 211 Å². The van der Waals surface area contributed by atoms with Crippen molar-refractivity contribution in [3.8, 4) is 0 Å². The number of thioether (sulfide) groups is 1. The van der Waals surface area contributed by atoms with E-state index in [0.717, 1.165) is 0 Å². The number of nitrogens with two attached hydrogens (primary N) is 2. The molecule has 10 N–H and O–H groups in total. The summed E-state index contributed by atoms with van der Waals surface area (Å²) in [4.78, 5) is 82.3. The van der Waals surface area contributed by atoms with Crippen molar-refractivity contribution in [1.82, 2.24) is 16.0 Å². The summed E-state index contributed by atoms with van der Waals surface area (Å²) < 4.78 is 0. The molecule has 0 aromatic rings. The number of carboxylic acids is 3. The van der Waals surface area contributed by atoms with Crippen molar-refractivity contribution in [2.24, 2.45) is 11.5 Å². The molecule has 0 saturated carbocycles. The molecule has 16 heteroatoms. The number of nitrogens with one attached hydrogen (secondary N) is 3. The number of hydrogen-bond acceptors (Lipinski definition) is 9. The first-order valence-corrected chi connectivity index (χ1v) is 12.3. The van der Waals surface area contributed by atoms with E-state index < -0.39 is 85.0 Å². The average Bonchev–Trinajstić information content (AvgIpc) is 2.79. The van der Waals surface area contributed by atoms with Gasteiger partial charge < -0.3 is 42.7 Å². The van der Waals surface area contributed by atoms with E-state index in [1.165, 1.54) is 11.8 Å². The van der Waals surface area contributed by atoms with Crippen LogP contribution >= 0.6 is 11.8 Å². The summed E-state index contributed by atoms with van der Waals surface area (Å²) >= 11 is 1.44. The fourth-order valence-corrected chi connectivity index (χ4v) is 3.31. The Morgan fingerprint density at radius 2 is 1.11 bits per heavy atom. The molecule has 0 aliphatic rings. The molecule has 0 rings (SSSR count). The maximum absolute atomic E-state index is 12.9. The number of carbonyl (C=O) groups is 7. The molecule has 204 valence electrons. The van der Waals surface area contributed by atoms with Crippen molar-refractivity contribution in [1.29, 1.82) is 0 Å². The van der Waals surface area contributed by atoms with E-state index in [1.54, 1.807) is 0 Å². The van der Waals surface area contributed by atoms with Crippen LogP contribution in [0.3, 0.4) is 0 Å². The van der Waals surface area contributed by atoms with Gasteiger partial charge in [-0.05, 0) is 37.7 Å². The first-order valence-electron chi connectivity index (χ1n) is 10.9. The van der Waals surface area contributed by atoms with E-state index in [4.69, 9.17) is 21.7 Å². The van der Waals surface area contributed by atoms with Gasteiger partial charge in [0.2, 0.25) is 23.6 Å². The lowest BCUT2D eigenvalue weighted by molar-refractivity contribution is -0.143. The molecule has 0 radical (unpaired) electrons. The molecule has 0 aromatic carbocycles. The zero-order chi connectivity index (χ0) is 27.8. The summed E-state index contributed by atoms with van der Waals surface area (Å²) in [6.45, 7) is 0. The first kappa shape index (κ1) is 32.6. The minimum absolute atomic E-state index is 0.289. The molecule has 0 fully saturated rings. The van der Waals surface area contributed by atoms with Gasteiger partial charge in [0, 0.05) is 19.3 Å². The summed E-state index contributed by atoms with van der Waals surface area (Å²) in [6, 6.07) is -5.47. The Kier molecular flexibility index (Phi) is 15.5. The third-order valence-electron chi connectivity index (χ3n) is 4.82. The number of carbonyl (C=O) groups excluding carboxylic acids is 4. The second-order valence-electron chi connectivity index (χ2n) is 7.78. The summed E-state index contributed by atoms with van der Waals surface area (Å²) in [5.74, 6) is -7.05. The van der Waals surface area contributed by atoms with Gasteiger partial charge in [-0.1, -0.05) is 0 Å². The minimum Gasteiger partial charge on any atom is -0.481 e. The van der Waals surface area contributed by atoms with Gasteiger partial charge in [-0.3, -0.25) is 28.8 Å². The molecule has 0 heterocycles. The van der Waals surface area contributed by atoms with Crippen LogP contribution in [0, 0.1) is 0 Å². The zero-order valence-electron chi connectivity index (χ0n) is 19.7. The van der Waals surface area contributed by atoms with E-state index in [9.17, 15) is 38.7 Å². The van der Waals surface area contributed by atoms with Gasteiger partial charge >= 0.3 is 17.9 Å². The minimum atomic E-state index is -1.60. The number of carboxylic acid groups (broad SMARTS) is 3. The summed E-state index contributed by atoms with van der Waals surface area (Å²) in [6.07, 6.45) is -0.482. The average molecular weight is 536 g/mol. The lowest BCUT2D eigenvalue weighted by Crippen LogP contribution is -2.57. The fraction of sp³-hybridized carbons (Fsp3) is 0.650. The van der Waals surface area contributed by atoms with Crippen molar-refractivity contribution >= 4 is 53.3 Å². The highest BCUT2D eigenvalue weighted by Gasteiger charge is 2.31. The quantitative estimate of drug-likeness (QED) is 0.0860. The van der Waals surface area contributed by atoms with Gasteiger partial charge in [0.25, 0.3) is 0 Å². The van der Waals surface area contributed by atoms with Crippen LogP contribution in [0.2, 0.25) is 0 Å². The Morgan fingerprint density at radius 1 is 0.694 bits per heavy atom. The second-order valence-corrected chi connectivity index (χ2v) is 8.77. The van der Waals surface area contributed by atoms with E-state index in [-0.39, 0.29) is 25.7 Å². The highest BCUT2D eigenvalue weighted by molar-refractivity contribution is 7.98. The lowest BCUT2D eigenvalue weighted by atomic mass is 10.1. The van der Waals surface area contributed by atoms with Gasteiger partial charge in [0.15, 0.2) is 0 Å². The topological polar surface area (TPSA) is 268 Å². The van der Waals surface area contributed by atoms with Gasteiger partial charge in [0.1, 0.15) is 18.1 Å². The van der Waals surface area contributed by atoms with Crippen molar-refractivity contribution in [2.45, 2.75) is 69.1 Å². The van der Waals surface area contributed by atoms with Crippen LogP contribution < -0.4 is 27.4 Å². The molecule has 0 aliphatic carbocycles. The van der Waals surface area contributed by atoms with Crippen LogP contribution in [0.1, 0.15) is 44.9 Å². The highest BCUT2D eigenvalue weighted by Crippen LogP contribution is 2.06.